The van der Waals surface area contributed by atoms with Gasteiger partial charge >= 0.3 is 6.18 Å². The van der Waals surface area contributed by atoms with Gasteiger partial charge in [0, 0.05) is 24.2 Å². The number of fused-ring (bicyclic) bond motifs is 1. The van der Waals surface area contributed by atoms with Crippen molar-refractivity contribution in [3.05, 3.63) is 75.5 Å². The molecule has 3 heterocycles. The highest BCUT2D eigenvalue weighted by molar-refractivity contribution is 6.03. The van der Waals surface area contributed by atoms with E-state index in [4.69, 9.17) is 0 Å². The lowest BCUT2D eigenvalue weighted by Gasteiger charge is -2.13. The van der Waals surface area contributed by atoms with E-state index in [1.54, 1.807) is 24.7 Å². The van der Waals surface area contributed by atoms with E-state index < -0.39 is 28.8 Å². The number of rotatable bonds is 3. The predicted molar refractivity (Wildman–Crippen MR) is 111 cm³/mol. The van der Waals surface area contributed by atoms with E-state index in [0.717, 1.165) is 28.3 Å². The van der Waals surface area contributed by atoms with E-state index in [0.29, 0.717) is 17.0 Å². The summed E-state index contributed by atoms with van der Waals surface area (Å²) in [5.74, 6) is -0.807. The lowest BCUT2D eigenvalue weighted by molar-refractivity contribution is -0.137. The maximum absolute atomic E-state index is 13.1. The van der Waals surface area contributed by atoms with Crippen LogP contribution in [0, 0.1) is 13.8 Å². The second-order valence-corrected chi connectivity index (χ2v) is 7.22. The van der Waals surface area contributed by atoms with E-state index in [1.165, 1.54) is 25.3 Å². The van der Waals surface area contributed by atoms with Gasteiger partial charge in [0.15, 0.2) is 11.3 Å². The fourth-order valence-corrected chi connectivity index (χ4v) is 3.35. The van der Waals surface area contributed by atoms with Gasteiger partial charge in [-0.1, -0.05) is 6.07 Å². The summed E-state index contributed by atoms with van der Waals surface area (Å²) in [6.45, 7) is 3.31. The van der Waals surface area contributed by atoms with Gasteiger partial charge in [-0.05, 0) is 38.1 Å². The molecule has 8 nitrogen and oxygen atoms in total. The maximum Gasteiger partial charge on any atom is 0.416 e. The highest BCUT2D eigenvalue weighted by Gasteiger charge is 2.30. The van der Waals surface area contributed by atoms with Gasteiger partial charge in [0.1, 0.15) is 0 Å². The first-order chi connectivity index (χ1) is 15.0. The van der Waals surface area contributed by atoms with Crippen LogP contribution >= 0.6 is 0 Å². The molecule has 0 fully saturated rings. The van der Waals surface area contributed by atoms with Gasteiger partial charge in [-0.25, -0.2) is 9.67 Å². The molecule has 1 amide bonds. The molecular formula is C21H17F3N6O2. The predicted octanol–water partition coefficient (Wildman–Crippen LogP) is 3.40. The number of amides is 1. The minimum absolute atomic E-state index is 0.0699. The molecule has 4 aromatic rings. The molecule has 0 aliphatic heterocycles. The number of nitrogens with zero attached hydrogens (tertiary/aromatic N) is 5. The van der Waals surface area contributed by atoms with E-state index in [2.05, 4.69) is 20.5 Å². The van der Waals surface area contributed by atoms with Crippen LogP contribution in [0.15, 0.2) is 47.4 Å². The number of nitrogens with one attached hydrogen (secondary N) is 1. The van der Waals surface area contributed by atoms with Crippen LogP contribution in [0.25, 0.3) is 16.7 Å². The van der Waals surface area contributed by atoms with Crippen molar-refractivity contribution in [1.82, 2.24) is 24.5 Å². The van der Waals surface area contributed by atoms with Crippen molar-refractivity contribution in [1.29, 1.82) is 0 Å². The van der Waals surface area contributed by atoms with Gasteiger partial charge in [0.05, 0.1) is 28.8 Å². The van der Waals surface area contributed by atoms with Crippen LogP contribution in [-0.2, 0) is 13.2 Å². The Hall–Kier alpha value is -4.02. The van der Waals surface area contributed by atoms with Gasteiger partial charge in [-0.3, -0.25) is 14.3 Å². The number of carbonyl (C=O) groups is 1. The van der Waals surface area contributed by atoms with E-state index in [1.807, 2.05) is 0 Å². The summed E-state index contributed by atoms with van der Waals surface area (Å²) in [4.78, 5) is 29.4. The summed E-state index contributed by atoms with van der Waals surface area (Å²) >= 11 is 0. The first-order valence-electron chi connectivity index (χ1n) is 9.44. The Morgan fingerprint density at radius 3 is 2.56 bits per heavy atom. The molecule has 3 aromatic heterocycles. The average molecular weight is 442 g/mol. The number of anilines is 1. The second-order valence-electron chi connectivity index (χ2n) is 7.22. The lowest BCUT2D eigenvalue weighted by Crippen LogP contribution is -2.27. The number of halogens is 3. The van der Waals surface area contributed by atoms with Crippen LogP contribution in [0.2, 0.25) is 0 Å². The summed E-state index contributed by atoms with van der Waals surface area (Å²) in [6.07, 6.45) is -3.12. The molecule has 164 valence electrons. The summed E-state index contributed by atoms with van der Waals surface area (Å²) in [7, 11) is 1.74. The molecular weight excluding hydrogens is 425 g/mol. The van der Waals surface area contributed by atoms with Gasteiger partial charge in [0.2, 0.25) is 5.43 Å². The molecule has 32 heavy (non-hydrogen) atoms. The zero-order valence-electron chi connectivity index (χ0n) is 17.2. The Labute approximate surface area is 179 Å². The van der Waals surface area contributed by atoms with E-state index in [9.17, 15) is 22.8 Å². The number of pyridine rings is 1. The average Bonchev–Trinajstić information content (AvgIpc) is 3.00. The first kappa shape index (κ1) is 21.2. The molecule has 0 atom stereocenters. The van der Waals surface area contributed by atoms with Gasteiger partial charge in [-0.2, -0.15) is 23.4 Å². The van der Waals surface area contributed by atoms with Gasteiger partial charge in [0.25, 0.3) is 5.91 Å². The number of alkyl halides is 3. The van der Waals surface area contributed by atoms with Crippen LogP contribution in [0.4, 0.5) is 18.9 Å². The third kappa shape index (κ3) is 3.84. The normalized spacial score (nSPS) is 11.7. The largest absolute Gasteiger partial charge is 0.416 e. The number of hydrogen-bond donors (Lipinski definition) is 1. The molecule has 0 radical (unpaired) electrons. The number of carbonyl (C=O) groups excluding carboxylic acids is 1. The van der Waals surface area contributed by atoms with Crippen molar-refractivity contribution in [2.24, 2.45) is 7.05 Å². The number of benzene rings is 1. The lowest BCUT2D eigenvalue weighted by atomic mass is 10.2. The quantitative estimate of drug-likeness (QED) is 0.525. The minimum Gasteiger partial charge on any atom is -0.319 e. The summed E-state index contributed by atoms with van der Waals surface area (Å²) in [5, 5.41) is 11.6. The third-order valence-corrected chi connectivity index (χ3v) is 4.86. The zero-order chi connectivity index (χ0) is 23.2. The summed E-state index contributed by atoms with van der Waals surface area (Å²) < 4.78 is 42.0. The Morgan fingerprint density at radius 2 is 1.84 bits per heavy atom. The molecule has 0 unspecified atom stereocenters. The molecule has 4 rings (SSSR count). The Morgan fingerprint density at radius 1 is 1.09 bits per heavy atom. The number of hydrogen-bond acceptors (Lipinski definition) is 5. The zero-order valence-corrected chi connectivity index (χ0v) is 17.2. The smallest absolute Gasteiger partial charge is 0.319 e. The van der Waals surface area contributed by atoms with Gasteiger partial charge < -0.3 is 5.32 Å². The van der Waals surface area contributed by atoms with Crippen molar-refractivity contribution in [3.8, 4) is 5.69 Å². The molecule has 11 heteroatoms. The van der Waals surface area contributed by atoms with Crippen LogP contribution < -0.4 is 10.7 Å². The summed E-state index contributed by atoms with van der Waals surface area (Å²) in [5.41, 5.74) is 0.0247. The minimum atomic E-state index is -4.54. The standard InChI is InChI=1S/C21H17F3N6O2/c1-11-7-17(31)18(28-30(11)15-6-4-5-13(8-15)21(22,23)24)20(32)26-14-9-16-12(2)27-29(3)19(16)25-10-14/h4-10H,1-3H3,(H,26,32). The van der Waals surface area contributed by atoms with Gasteiger partial charge in [-0.15, -0.1) is 0 Å². The SMILES string of the molecule is Cc1nn(C)c2ncc(NC(=O)c3nn(-c4cccc(C(F)(F)F)c4)c(C)cc3=O)cc12. The second kappa shape index (κ2) is 7.59. The Balaban J connectivity index is 1.71. The molecule has 1 aromatic carbocycles. The highest BCUT2D eigenvalue weighted by Crippen LogP contribution is 2.30. The third-order valence-electron chi connectivity index (χ3n) is 4.86. The molecule has 0 aliphatic rings. The molecule has 0 saturated heterocycles. The van der Waals surface area contributed by atoms with Crippen LogP contribution in [0.5, 0.6) is 0 Å². The molecule has 0 spiro atoms. The van der Waals surface area contributed by atoms with E-state index >= 15 is 0 Å². The van der Waals surface area contributed by atoms with Crippen LogP contribution in [0.3, 0.4) is 0 Å². The number of aromatic nitrogens is 5. The molecule has 0 bridgehead atoms. The summed E-state index contributed by atoms with van der Waals surface area (Å²) in [6, 6.07) is 7.28. The maximum atomic E-state index is 13.1. The molecule has 0 saturated carbocycles. The monoisotopic (exact) mass is 442 g/mol. The fraction of sp³-hybridized carbons (Fsp3) is 0.190. The van der Waals surface area contributed by atoms with Crippen molar-refractivity contribution >= 4 is 22.6 Å². The van der Waals surface area contributed by atoms with Crippen molar-refractivity contribution in [2.75, 3.05) is 5.32 Å². The fourth-order valence-electron chi connectivity index (χ4n) is 3.35. The van der Waals surface area contributed by atoms with Crippen molar-refractivity contribution in [3.63, 3.8) is 0 Å². The number of aryl methyl sites for hydroxylation is 3. The van der Waals surface area contributed by atoms with Crippen molar-refractivity contribution in [2.45, 2.75) is 20.0 Å². The highest BCUT2D eigenvalue weighted by atomic mass is 19.4. The topological polar surface area (TPSA) is 94.7 Å². The molecule has 1 N–H and O–H groups in total. The van der Waals surface area contributed by atoms with Crippen LogP contribution in [0.1, 0.15) is 27.4 Å². The molecule has 0 aliphatic carbocycles. The van der Waals surface area contributed by atoms with E-state index in [-0.39, 0.29) is 11.4 Å². The Kier molecular flexibility index (Phi) is 5.03. The first-order valence-corrected chi connectivity index (χ1v) is 9.44. The van der Waals surface area contributed by atoms with Crippen molar-refractivity contribution < 1.29 is 18.0 Å². The Bertz CT molecular complexity index is 1420. The van der Waals surface area contributed by atoms with Crippen LogP contribution in [-0.4, -0.2) is 30.5 Å².